The fourth-order valence-corrected chi connectivity index (χ4v) is 6.48. The molecular weight excluding hydrogens is 662 g/mol. The summed E-state index contributed by atoms with van der Waals surface area (Å²) in [6.45, 7) is 3.83. The lowest BCUT2D eigenvalue weighted by atomic mass is 10.0. The van der Waals surface area contributed by atoms with Gasteiger partial charge in [0.25, 0.3) is 10.0 Å². The van der Waals surface area contributed by atoms with Gasteiger partial charge in [-0.1, -0.05) is 94.6 Å². The number of nitrogens with one attached hydrogen (secondary N) is 1. The highest BCUT2D eigenvalue weighted by Gasteiger charge is 2.34. The number of anilines is 1. The van der Waals surface area contributed by atoms with Crippen molar-refractivity contribution in [3.8, 4) is 0 Å². The smallest absolute Gasteiger partial charge is 0.264 e. The largest absolute Gasteiger partial charge is 0.354 e. The van der Waals surface area contributed by atoms with Gasteiger partial charge >= 0.3 is 0 Å². The minimum Gasteiger partial charge on any atom is -0.354 e. The molecule has 1 atom stereocenters. The third-order valence-electron chi connectivity index (χ3n) is 7.09. The number of halogens is 2. The van der Waals surface area contributed by atoms with Crippen molar-refractivity contribution in [3.63, 3.8) is 0 Å². The van der Waals surface area contributed by atoms with E-state index in [1.54, 1.807) is 60.7 Å². The van der Waals surface area contributed by atoms with Crippen LogP contribution < -0.4 is 9.62 Å². The highest BCUT2D eigenvalue weighted by atomic mass is 79.9. The second-order valence-corrected chi connectivity index (χ2v) is 13.7. The van der Waals surface area contributed by atoms with Gasteiger partial charge in [0.15, 0.2) is 0 Å². The molecule has 1 N–H and O–H groups in total. The van der Waals surface area contributed by atoms with E-state index in [0.29, 0.717) is 17.3 Å². The van der Waals surface area contributed by atoms with Crippen molar-refractivity contribution < 1.29 is 18.0 Å². The van der Waals surface area contributed by atoms with Gasteiger partial charge in [0.2, 0.25) is 11.8 Å². The fourth-order valence-electron chi connectivity index (χ4n) is 4.68. The summed E-state index contributed by atoms with van der Waals surface area (Å²) in [5.74, 6) is -0.833. The van der Waals surface area contributed by atoms with Crippen LogP contribution in [0.2, 0.25) is 5.02 Å². The summed E-state index contributed by atoms with van der Waals surface area (Å²) in [7, 11) is -4.16. The van der Waals surface area contributed by atoms with Crippen LogP contribution in [0.15, 0.2) is 112 Å². The number of hydrogen-bond donors (Lipinski definition) is 1. The Bertz CT molecular complexity index is 1650. The SMILES string of the molecule is CCCNC(=O)C(Cc1ccccc1)N(Cc1ccc(Cl)cc1)C(=O)CN(c1ccc(Br)cc1)S(=O)(=O)c1ccc(C)cc1. The average Bonchev–Trinajstić information content (AvgIpc) is 3.02. The van der Waals surface area contributed by atoms with Crippen LogP contribution in [-0.4, -0.2) is 44.3 Å². The van der Waals surface area contributed by atoms with Gasteiger partial charge in [0.05, 0.1) is 10.6 Å². The summed E-state index contributed by atoms with van der Waals surface area (Å²) in [6, 6.07) is 28.8. The molecule has 44 heavy (non-hydrogen) atoms. The Morgan fingerprint density at radius 1 is 0.864 bits per heavy atom. The topological polar surface area (TPSA) is 86.8 Å². The number of carbonyl (C=O) groups excluding carboxylic acids is 2. The summed E-state index contributed by atoms with van der Waals surface area (Å²) in [6.07, 6.45) is 0.972. The zero-order valence-electron chi connectivity index (χ0n) is 24.6. The molecular formula is C34H35BrClN3O4S. The van der Waals surface area contributed by atoms with Gasteiger partial charge in [-0.15, -0.1) is 0 Å². The van der Waals surface area contributed by atoms with E-state index in [1.807, 2.05) is 44.2 Å². The molecule has 0 spiro atoms. The number of benzene rings is 4. The molecule has 0 aliphatic heterocycles. The monoisotopic (exact) mass is 695 g/mol. The van der Waals surface area contributed by atoms with Gasteiger partial charge in [-0.05, 0) is 73.0 Å². The summed E-state index contributed by atoms with van der Waals surface area (Å²) >= 11 is 9.54. The molecule has 0 saturated heterocycles. The molecule has 0 aliphatic carbocycles. The lowest BCUT2D eigenvalue weighted by Crippen LogP contribution is -2.53. The molecule has 2 amide bonds. The van der Waals surface area contributed by atoms with Gasteiger partial charge < -0.3 is 10.2 Å². The van der Waals surface area contributed by atoms with Crippen LogP contribution in [0, 0.1) is 6.92 Å². The minimum atomic E-state index is -4.16. The fraction of sp³-hybridized carbons (Fsp3) is 0.235. The summed E-state index contributed by atoms with van der Waals surface area (Å²) in [5, 5.41) is 3.49. The van der Waals surface area contributed by atoms with Crippen LogP contribution in [0.4, 0.5) is 5.69 Å². The van der Waals surface area contributed by atoms with Crippen LogP contribution in [0.3, 0.4) is 0 Å². The summed E-state index contributed by atoms with van der Waals surface area (Å²) in [5.41, 5.74) is 2.85. The van der Waals surface area contributed by atoms with Crippen LogP contribution in [0.5, 0.6) is 0 Å². The second-order valence-electron chi connectivity index (χ2n) is 10.4. The number of carbonyl (C=O) groups is 2. The third-order valence-corrected chi connectivity index (χ3v) is 9.66. The van der Waals surface area contributed by atoms with E-state index in [9.17, 15) is 18.0 Å². The van der Waals surface area contributed by atoms with Gasteiger partial charge in [-0.2, -0.15) is 0 Å². The molecule has 4 aromatic rings. The van der Waals surface area contributed by atoms with Gasteiger partial charge in [-0.3, -0.25) is 13.9 Å². The molecule has 230 valence electrons. The van der Waals surface area contributed by atoms with Crippen molar-refractivity contribution in [3.05, 3.63) is 129 Å². The first-order valence-corrected chi connectivity index (χ1v) is 16.9. The quantitative estimate of drug-likeness (QED) is 0.167. The van der Waals surface area contributed by atoms with E-state index in [4.69, 9.17) is 11.6 Å². The third kappa shape index (κ3) is 8.71. The molecule has 1 unspecified atom stereocenters. The first-order valence-electron chi connectivity index (χ1n) is 14.3. The van der Waals surface area contributed by atoms with Crippen LogP contribution >= 0.6 is 27.5 Å². The molecule has 0 aromatic heterocycles. The van der Waals surface area contributed by atoms with Crippen molar-refractivity contribution in [2.45, 2.75) is 44.2 Å². The highest BCUT2D eigenvalue weighted by molar-refractivity contribution is 9.10. The summed E-state index contributed by atoms with van der Waals surface area (Å²) < 4.78 is 30.0. The van der Waals surface area contributed by atoms with E-state index in [0.717, 1.165) is 31.9 Å². The Hall–Kier alpha value is -3.66. The Kier molecular flexibility index (Phi) is 11.6. The standard InChI is InChI=1S/C34H35BrClN3O4S/c1-3-21-37-34(41)32(22-26-7-5-4-6-8-26)38(23-27-11-15-29(36)16-12-27)33(40)24-39(30-17-13-28(35)14-18-30)44(42,43)31-19-9-25(2)10-20-31/h4-20,32H,3,21-24H2,1-2H3,(H,37,41). The zero-order valence-corrected chi connectivity index (χ0v) is 27.8. The number of amides is 2. The lowest BCUT2D eigenvalue weighted by molar-refractivity contribution is -0.140. The summed E-state index contributed by atoms with van der Waals surface area (Å²) in [4.78, 5) is 29.6. The minimum absolute atomic E-state index is 0.0598. The van der Waals surface area contributed by atoms with Crippen LogP contribution in [0.25, 0.3) is 0 Å². The molecule has 10 heteroatoms. The maximum absolute atomic E-state index is 14.4. The zero-order chi connectivity index (χ0) is 31.7. The maximum atomic E-state index is 14.4. The number of hydrogen-bond acceptors (Lipinski definition) is 4. The van der Waals surface area contributed by atoms with E-state index in [-0.39, 0.29) is 23.8 Å². The molecule has 0 bridgehead atoms. The number of sulfonamides is 1. The molecule has 7 nitrogen and oxygen atoms in total. The van der Waals surface area contributed by atoms with Crippen molar-refractivity contribution in [2.24, 2.45) is 0 Å². The van der Waals surface area contributed by atoms with Crippen molar-refractivity contribution >= 4 is 55.1 Å². The Balaban J connectivity index is 1.78. The Morgan fingerprint density at radius 2 is 1.50 bits per heavy atom. The number of aryl methyl sites for hydroxylation is 1. The maximum Gasteiger partial charge on any atom is 0.264 e. The molecule has 0 aliphatic rings. The van der Waals surface area contributed by atoms with E-state index in [1.165, 1.54) is 17.0 Å². The number of nitrogens with zero attached hydrogens (tertiary/aromatic N) is 2. The molecule has 0 fully saturated rings. The molecule has 0 saturated carbocycles. The van der Waals surface area contributed by atoms with Crippen molar-refractivity contribution in [1.82, 2.24) is 10.2 Å². The van der Waals surface area contributed by atoms with Crippen LogP contribution in [0.1, 0.15) is 30.0 Å². The van der Waals surface area contributed by atoms with E-state index >= 15 is 0 Å². The van der Waals surface area contributed by atoms with Gasteiger partial charge in [0.1, 0.15) is 12.6 Å². The highest BCUT2D eigenvalue weighted by Crippen LogP contribution is 2.27. The molecule has 4 aromatic carbocycles. The van der Waals surface area contributed by atoms with Gasteiger partial charge in [0, 0.05) is 29.0 Å². The average molecular weight is 697 g/mol. The van der Waals surface area contributed by atoms with Crippen LogP contribution in [-0.2, 0) is 32.6 Å². The predicted octanol–water partition coefficient (Wildman–Crippen LogP) is 6.77. The van der Waals surface area contributed by atoms with Gasteiger partial charge in [-0.25, -0.2) is 8.42 Å². The first kappa shape index (κ1) is 33.2. The van der Waals surface area contributed by atoms with E-state index in [2.05, 4.69) is 21.2 Å². The molecule has 0 heterocycles. The number of rotatable bonds is 13. The van der Waals surface area contributed by atoms with Crippen molar-refractivity contribution in [1.29, 1.82) is 0 Å². The first-order chi connectivity index (χ1) is 21.1. The normalized spacial score (nSPS) is 11.9. The Morgan fingerprint density at radius 3 is 2.11 bits per heavy atom. The second kappa shape index (κ2) is 15.4. The van der Waals surface area contributed by atoms with Crippen molar-refractivity contribution in [2.75, 3.05) is 17.4 Å². The van der Waals surface area contributed by atoms with E-state index < -0.39 is 28.5 Å². The molecule has 4 rings (SSSR count). The molecule has 0 radical (unpaired) electrons. The predicted molar refractivity (Wildman–Crippen MR) is 179 cm³/mol. The Labute approximate surface area is 273 Å². The lowest BCUT2D eigenvalue weighted by Gasteiger charge is -2.34.